The van der Waals surface area contributed by atoms with Crippen LogP contribution in [-0.2, 0) is 6.42 Å². The van der Waals surface area contributed by atoms with Gasteiger partial charge in [0.1, 0.15) is 5.82 Å². The summed E-state index contributed by atoms with van der Waals surface area (Å²) in [6.45, 7) is 6.65. The number of hydrogen-bond donors (Lipinski definition) is 2. The number of aryl methyl sites for hydroxylation is 1. The van der Waals surface area contributed by atoms with Crippen molar-refractivity contribution in [3.63, 3.8) is 0 Å². The van der Waals surface area contributed by atoms with Crippen molar-refractivity contribution in [2.45, 2.75) is 51.0 Å². The molecule has 0 radical (unpaired) electrons. The Bertz CT molecular complexity index is 933. The van der Waals surface area contributed by atoms with Crippen LogP contribution in [0.2, 0.25) is 0 Å². The van der Waals surface area contributed by atoms with Crippen LogP contribution in [0, 0.1) is 0 Å². The molecule has 28 heavy (non-hydrogen) atoms. The summed E-state index contributed by atoms with van der Waals surface area (Å²) < 4.78 is 5.69. The second-order valence-electron chi connectivity index (χ2n) is 7.99. The highest BCUT2D eigenvalue weighted by atomic mass is 16.5. The van der Waals surface area contributed by atoms with Gasteiger partial charge in [-0.05, 0) is 64.0 Å². The average molecular weight is 380 g/mol. The Balaban J connectivity index is 1.31. The minimum Gasteiger partial charge on any atom is -0.342 e. The average Bonchev–Trinajstić information content (AvgIpc) is 3.41. The molecule has 5 rings (SSSR count). The zero-order chi connectivity index (χ0) is 18.9. The van der Waals surface area contributed by atoms with Crippen LogP contribution in [0.25, 0.3) is 22.4 Å². The number of benzene rings is 1. The Kier molecular flexibility index (Phi) is 4.86. The molecule has 0 unspecified atom stereocenters. The fourth-order valence-electron chi connectivity index (χ4n) is 4.62. The molecular formula is C21H28N6O. The van der Waals surface area contributed by atoms with Crippen molar-refractivity contribution < 1.29 is 4.52 Å². The standard InChI is InChI=1S/C21H28N6O/c1-2-18-23-17-5-3-4-16(19(17)24-18)20-25-21(28-26-20)14-8-12-27(13-9-14)15-6-10-22-11-7-15/h3-5,14-15,22H,2,6-13H2,1H3,(H,23,24). The van der Waals surface area contributed by atoms with Gasteiger partial charge >= 0.3 is 0 Å². The quantitative estimate of drug-likeness (QED) is 0.724. The molecule has 2 aliphatic heterocycles. The summed E-state index contributed by atoms with van der Waals surface area (Å²) in [5.74, 6) is 2.78. The van der Waals surface area contributed by atoms with Gasteiger partial charge in [-0.3, -0.25) is 0 Å². The number of aromatic amines is 1. The van der Waals surface area contributed by atoms with Crippen LogP contribution in [0.4, 0.5) is 0 Å². The van der Waals surface area contributed by atoms with E-state index in [1.165, 1.54) is 12.8 Å². The first kappa shape index (κ1) is 17.8. The van der Waals surface area contributed by atoms with Gasteiger partial charge in [-0.15, -0.1) is 0 Å². The Morgan fingerprint density at radius 3 is 2.71 bits per heavy atom. The first-order valence-corrected chi connectivity index (χ1v) is 10.6. The molecule has 0 atom stereocenters. The predicted molar refractivity (Wildman–Crippen MR) is 108 cm³/mol. The molecule has 2 saturated heterocycles. The lowest BCUT2D eigenvalue weighted by Crippen LogP contribution is -2.46. The van der Waals surface area contributed by atoms with E-state index in [2.05, 4.69) is 27.3 Å². The molecule has 4 heterocycles. The number of nitrogens with zero attached hydrogens (tertiary/aromatic N) is 4. The van der Waals surface area contributed by atoms with Crippen molar-refractivity contribution in [1.29, 1.82) is 0 Å². The third kappa shape index (κ3) is 3.33. The zero-order valence-corrected chi connectivity index (χ0v) is 16.4. The van der Waals surface area contributed by atoms with Crippen LogP contribution in [0.5, 0.6) is 0 Å². The maximum Gasteiger partial charge on any atom is 0.230 e. The molecule has 0 spiro atoms. The van der Waals surface area contributed by atoms with E-state index in [9.17, 15) is 0 Å². The van der Waals surface area contributed by atoms with E-state index in [0.29, 0.717) is 11.7 Å². The minimum absolute atomic E-state index is 0.365. The fourth-order valence-corrected chi connectivity index (χ4v) is 4.62. The molecular weight excluding hydrogens is 352 g/mol. The molecule has 0 saturated carbocycles. The lowest BCUT2D eigenvalue weighted by Gasteiger charge is -2.38. The number of nitrogens with one attached hydrogen (secondary N) is 2. The van der Waals surface area contributed by atoms with Crippen LogP contribution in [0.1, 0.15) is 50.2 Å². The molecule has 0 aliphatic carbocycles. The van der Waals surface area contributed by atoms with Gasteiger partial charge in [-0.2, -0.15) is 4.98 Å². The van der Waals surface area contributed by atoms with Crippen LogP contribution in [0.3, 0.4) is 0 Å². The number of H-pyrrole nitrogens is 1. The molecule has 7 heteroatoms. The minimum atomic E-state index is 0.365. The lowest BCUT2D eigenvalue weighted by molar-refractivity contribution is 0.120. The van der Waals surface area contributed by atoms with Gasteiger partial charge in [0.05, 0.1) is 16.6 Å². The SMILES string of the molecule is CCc1nc2c(-c3noc(C4CCN(C5CCNCC5)CC4)n3)cccc2[nH]1. The summed E-state index contributed by atoms with van der Waals surface area (Å²) in [7, 11) is 0. The number of imidazole rings is 1. The summed E-state index contributed by atoms with van der Waals surface area (Å²) >= 11 is 0. The van der Waals surface area contributed by atoms with E-state index in [1.807, 2.05) is 18.2 Å². The molecule has 3 aromatic rings. The maximum atomic E-state index is 5.69. The molecule has 7 nitrogen and oxygen atoms in total. The van der Waals surface area contributed by atoms with Crippen molar-refractivity contribution in [2.75, 3.05) is 26.2 Å². The van der Waals surface area contributed by atoms with E-state index in [1.54, 1.807) is 0 Å². The van der Waals surface area contributed by atoms with Crippen molar-refractivity contribution in [3.8, 4) is 11.4 Å². The van der Waals surface area contributed by atoms with Crippen molar-refractivity contribution in [2.24, 2.45) is 0 Å². The number of fused-ring (bicyclic) bond motifs is 1. The number of piperidine rings is 2. The normalized spacial score (nSPS) is 20.2. The number of rotatable bonds is 4. The zero-order valence-electron chi connectivity index (χ0n) is 16.4. The van der Waals surface area contributed by atoms with E-state index in [0.717, 1.165) is 79.8 Å². The Labute approximate surface area is 164 Å². The second kappa shape index (κ2) is 7.64. The van der Waals surface area contributed by atoms with Gasteiger partial charge < -0.3 is 19.7 Å². The first-order valence-electron chi connectivity index (χ1n) is 10.6. The Morgan fingerprint density at radius 2 is 1.93 bits per heavy atom. The van der Waals surface area contributed by atoms with Crippen molar-refractivity contribution in [3.05, 3.63) is 29.9 Å². The number of hydrogen-bond acceptors (Lipinski definition) is 6. The van der Waals surface area contributed by atoms with E-state index in [4.69, 9.17) is 14.5 Å². The summed E-state index contributed by atoms with van der Waals surface area (Å²) in [4.78, 5) is 15.5. The van der Waals surface area contributed by atoms with Gasteiger partial charge in [-0.25, -0.2) is 4.98 Å². The molecule has 2 fully saturated rings. The van der Waals surface area contributed by atoms with Crippen LogP contribution < -0.4 is 5.32 Å². The van der Waals surface area contributed by atoms with Crippen molar-refractivity contribution >= 4 is 11.0 Å². The van der Waals surface area contributed by atoms with Crippen LogP contribution >= 0.6 is 0 Å². The molecule has 148 valence electrons. The van der Waals surface area contributed by atoms with E-state index >= 15 is 0 Å². The topological polar surface area (TPSA) is 82.9 Å². The number of para-hydroxylation sites is 1. The van der Waals surface area contributed by atoms with Crippen LogP contribution in [-0.4, -0.2) is 57.2 Å². The maximum absolute atomic E-state index is 5.69. The monoisotopic (exact) mass is 380 g/mol. The molecule has 0 amide bonds. The summed E-state index contributed by atoms with van der Waals surface area (Å²) in [6, 6.07) is 6.83. The fraction of sp³-hybridized carbons (Fsp3) is 0.571. The van der Waals surface area contributed by atoms with Gasteiger partial charge in [0.2, 0.25) is 11.7 Å². The smallest absolute Gasteiger partial charge is 0.230 e. The second-order valence-corrected chi connectivity index (χ2v) is 7.99. The largest absolute Gasteiger partial charge is 0.342 e. The Hall–Kier alpha value is -2.25. The molecule has 1 aromatic carbocycles. The first-order chi connectivity index (χ1) is 13.8. The number of likely N-dealkylation sites (tertiary alicyclic amines) is 1. The third-order valence-electron chi connectivity index (χ3n) is 6.28. The predicted octanol–water partition coefficient (Wildman–Crippen LogP) is 3.11. The molecule has 2 N–H and O–H groups in total. The third-order valence-corrected chi connectivity index (χ3v) is 6.28. The van der Waals surface area contributed by atoms with Crippen LogP contribution in [0.15, 0.2) is 22.7 Å². The molecule has 0 bridgehead atoms. The van der Waals surface area contributed by atoms with Crippen molar-refractivity contribution in [1.82, 2.24) is 30.3 Å². The summed E-state index contributed by atoms with van der Waals surface area (Å²) in [6.07, 6.45) is 5.60. The molecule has 2 aliphatic rings. The van der Waals surface area contributed by atoms with Gasteiger partial charge in [0.25, 0.3) is 0 Å². The summed E-state index contributed by atoms with van der Waals surface area (Å²) in [5.41, 5.74) is 2.89. The Morgan fingerprint density at radius 1 is 1.11 bits per heavy atom. The highest BCUT2D eigenvalue weighted by Crippen LogP contribution is 2.31. The lowest BCUT2D eigenvalue weighted by atomic mass is 9.93. The highest BCUT2D eigenvalue weighted by molar-refractivity contribution is 5.89. The molecule has 2 aromatic heterocycles. The number of aromatic nitrogens is 4. The summed E-state index contributed by atoms with van der Waals surface area (Å²) in [5, 5.41) is 7.75. The van der Waals surface area contributed by atoms with Gasteiger partial charge in [0, 0.05) is 18.4 Å². The van der Waals surface area contributed by atoms with Gasteiger partial charge in [0.15, 0.2) is 0 Å². The van der Waals surface area contributed by atoms with Gasteiger partial charge in [-0.1, -0.05) is 18.1 Å². The van der Waals surface area contributed by atoms with E-state index in [-0.39, 0.29) is 0 Å². The highest BCUT2D eigenvalue weighted by Gasteiger charge is 2.29. The van der Waals surface area contributed by atoms with E-state index < -0.39 is 0 Å².